The number of hydrogen-bond acceptors (Lipinski definition) is 3. The van der Waals surface area contributed by atoms with Gasteiger partial charge in [-0.2, -0.15) is 0 Å². The first-order chi connectivity index (χ1) is 15.0. The Labute approximate surface area is 193 Å². The minimum atomic E-state index is 0.114. The van der Waals surface area contributed by atoms with E-state index in [1.54, 1.807) is 0 Å². The number of hydrogen-bond donors (Lipinski definition) is 0. The van der Waals surface area contributed by atoms with Crippen molar-refractivity contribution in [3.05, 3.63) is 100 Å². The standard InChI is InChI=1S/C26H28BrN3O/c1-28(2)24-10-6-9-22(19-24)26(31)30-17-15-29(16-18-30)25(20-7-4-3-5-8-20)21-11-13-23(27)14-12-21/h3-14,19,25H,15-18H2,1-2H3. The van der Waals surface area contributed by atoms with Crippen LogP contribution in [-0.4, -0.2) is 56.0 Å². The molecule has 0 aliphatic carbocycles. The third-order valence-corrected chi connectivity index (χ3v) is 6.41. The predicted octanol–water partition coefficient (Wildman–Crippen LogP) is 5.06. The van der Waals surface area contributed by atoms with Crippen LogP contribution in [0.5, 0.6) is 0 Å². The van der Waals surface area contributed by atoms with Gasteiger partial charge >= 0.3 is 0 Å². The first-order valence-corrected chi connectivity index (χ1v) is 11.4. The van der Waals surface area contributed by atoms with Gasteiger partial charge in [0, 0.05) is 56.0 Å². The molecule has 31 heavy (non-hydrogen) atoms. The van der Waals surface area contributed by atoms with Gasteiger partial charge < -0.3 is 9.80 Å². The normalized spacial score (nSPS) is 15.5. The Kier molecular flexibility index (Phi) is 6.73. The third-order valence-electron chi connectivity index (χ3n) is 5.88. The number of rotatable bonds is 5. The molecular formula is C26H28BrN3O. The lowest BCUT2D eigenvalue weighted by atomic mass is 9.96. The first-order valence-electron chi connectivity index (χ1n) is 10.6. The zero-order valence-corrected chi connectivity index (χ0v) is 19.6. The summed E-state index contributed by atoms with van der Waals surface area (Å²) in [6, 6.07) is 27.3. The molecule has 1 heterocycles. The van der Waals surface area contributed by atoms with Crippen LogP contribution in [0.3, 0.4) is 0 Å². The van der Waals surface area contributed by atoms with Gasteiger partial charge in [-0.3, -0.25) is 9.69 Å². The van der Waals surface area contributed by atoms with Crippen LogP contribution in [0.15, 0.2) is 83.3 Å². The Hall–Kier alpha value is -2.63. The SMILES string of the molecule is CN(C)c1cccc(C(=O)N2CCN(C(c3ccccc3)c3ccc(Br)cc3)CC2)c1. The maximum atomic E-state index is 13.1. The molecule has 1 saturated heterocycles. The van der Waals surface area contributed by atoms with Gasteiger partial charge in [0.15, 0.2) is 0 Å². The molecule has 1 aliphatic heterocycles. The number of halogens is 1. The maximum absolute atomic E-state index is 13.1. The topological polar surface area (TPSA) is 26.8 Å². The van der Waals surface area contributed by atoms with Crippen LogP contribution >= 0.6 is 15.9 Å². The molecule has 4 nitrogen and oxygen atoms in total. The van der Waals surface area contributed by atoms with E-state index >= 15 is 0 Å². The van der Waals surface area contributed by atoms with Crippen LogP contribution in [0.25, 0.3) is 0 Å². The van der Waals surface area contributed by atoms with Crippen molar-refractivity contribution >= 4 is 27.5 Å². The summed E-state index contributed by atoms with van der Waals surface area (Å²) in [6.07, 6.45) is 0. The second-order valence-corrected chi connectivity index (χ2v) is 9.05. The van der Waals surface area contributed by atoms with Crippen molar-refractivity contribution in [3.8, 4) is 0 Å². The molecule has 1 amide bonds. The molecule has 0 radical (unpaired) electrons. The van der Waals surface area contributed by atoms with E-state index < -0.39 is 0 Å². The maximum Gasteiger partial charge on any atom is 0.254 e. The molecule has 4 rings (SSSR count). The van der Waals surface area contributed by atoms with Gasteiger partial charge in [0.25, 0.3) is 5.91 Å². The van der Waals surface area contributed by atoms with Crippen molar-refractivity contribution in [1.82, 2.24) is 9.80 Å². The quantitative estimate of drug-likeness (QED) is 0.513. The van der Waals surface area contributed by atoms with Crippen LogP contribution < -0.4 is 4.90 Å². The predicted molar refractivity (Wildman–Crippen MR) is 131 cm³/mol. The highest BCUT2D eigenvalue weighted by Crippen LogP contribution is 2.30. The number of carbonyl (C=O) groups is 1. The number of amides is 1. The molecule has 1 fully saturated rings. The average Bonchev–Trinajstić information content (AvgIpc) is 2.81. The van der Waals surface area contributed by atoms with Crippen molar-refractivity contribution in [2.45, 2.75) is 6.04 Å². The van der Waals surface area contributed by atoms with Crippen molar-refractivity contribution < 1.29 is 4.79 Å². The Bertz CT molecular complexity index is 1010. The Morgan fingerprint density at radius 3 is 2.13 bits per heavy atom. The average molecular weight is 478 g/mol. The Balaban J connectivity index is 1.51. The van der Waals surface area contributed by atoms with E-state index in [0.717, 1.165) is 41.9 Å². The van der Waals surface area contributed by atoms with Crippen molar-refractivity contribution in [3.63, 3.8) is 0 Å². The van der Waals surface area contributed by atoms with E-state index in [-0.39, 0.29) is 11.9 Å². The molecule has 1 unspecified atom stereocenters. The molecule has 0 spiro atoms. The largest absolute Gasteiger partial charge is 0.378 e. The molecule has 160 valence electrons. The first kappa shape index (κ1) is 21.6. The van der Waals surface area contributed by atoms with Crippen LogP contribution in [0.2, 0.25) is 0 Å². The Morgan fingerprint density at radius 2 is 1.48 bits per heavy atom. The van der Waals surface area contributed by atoms with Gasteiger partial charge in [-0.05, 0) is 41.5 Å². The molecule has 3 aromatic carbocycles. The van der Waals surface area contributed by atoms with Crippen LogP contribution in [0, 0.1) is 0 Å². The zero-order valence-electron chi connectivity index (χ0n) is 18.0. The van der Waals surface area contributed by atoms with E-state index in [1.807, 2.05) is 48.2 Å². The third kappa shape index (κ3) is 5.00. The monoisotopic (exact) mass is 477 g/mol. The summed E-state index contributed by atoms with van der Waals surface area (Å²) < 4.78 is 1.08. The van der Waals surface area contributed by atoms with Crippen molar-refractivity contribution in [1.29, 1.82) is 0 Å². The summed E-state index contributed by atoms with van der Waals surface area (Å²) in [4.78, 5) is 19.6. The highest BCUT2D eigenvalue weighted by atomic mass is 79.9. The van der Waals surface area contributed by atoms with Gasteiger partial charge in [0.1, 0.15) is 0 Å². The number of nitrogens with zero attached hydrogens (tertiary/aromatic N) is 3. The van der Waals surface area contributed by atoms with E-state index in [9.17, 15) is 4.79 Å². The second kappa shape index (κ2) is 9.67. The molecule has 0 N–H and O–H groups in total. The van der Waals surface area contributed by atoms with Crippen LogP contribution in [0.4, 0.5) is 5.69 Å². The van der Waals surface area contributed by atoms with Crippen LogP contribution in [0.1, 0.15) is 27.5 Å². The minimum Gasteiger partial charge on any atom is -0.378 e. The van der Waals surface area contributed by atoms with Crippen LogP contribution in [-0.2, 0) is 0 Å². The summed E-state index contributed by atoms with van der Waals surface area (Å²) >= 11 is 3.55. The van der Waals surface area contributed by atoms with Crippen molar-refractivity contribution in [2.24, 2.45) is 0 Å². The van der Waals surface area contributed by atoms with Gasteiger partial charge in [-0.25, -0.2) is 0 Å². The smallest absolute Gasteiger partial charge is 0.254 e. The highest BCUT2D eigenvalue weighted by molar-refractivity contribution is 9.10. The lowest BCUT2D eigenvalue weighted by Crippen LogP contribution is -2.49. The molecule has 1 atom stereocenters. The second-order valence-electron chi connectivity index (χ2n) is 8.14. The summed E-state index contributed by atoms with van der Waals surface area (Å²) in [5, 5.41) is 0. The van der Waals surface area contributed by atoms with E-state index in [4.69, 9.17) is 0 Å². The molecule has 1 aliphatic rings. The van der Waals surface area contributed by atoms with Crippen molar-refractivity contribution in [2.75, 3.05) is 45.2 Å². The van der Waals surface area contributed by atoms with Gasteiger partial charge in [-0.1, -0.05) is 64.5 Å². The molecule has 3 aromatic rings. The van der Waals surface area contributed by atoms with E-state index in [2.05, 4.69) is 75.4 Å². The molecule has 5 heteroatoms. The molecule has 0 aromatic heterocycles. The number of benzene rings is 3. The molecule has 0 saturated carbocycles. The zero-order chi connectivity index (χ0) is 21.8. The molecular weight excluding hydrogens is 450 g/mol. The fourth-order valence-corrected chi connectivity index (χ4v) is 4.44. The van der Waals surface area contributed by atoms with Gasteiger partial charge in [0.2, 0.25) is 0 Å². The molecule has 0 bridgehead atoms. The van der Waals surface area contributed by atoms with Gasteiger partial charge in [0.05, 0.1) is 6.04 Å². The summed E-state index contributed by atoms with van der Waals surface area (Å²) in [5.74, 6) is 0.114. The highest BCUT2D eigenvalue weighted by Gasteiger charge is 2.28. The number of anilines is 1. The Morgan fingerprint density at radius 1 is 0.839 bits per heavy atom. The lowest BCUT2D eigenvalue weighted by Gasteiger charge is -2.40. The van der Waals surface area contributed by atoms with E-state index in [1.165, 1.54) is 11.1 Å². The minimum absolute atomic E-state index is 0.114. The summed E-state index contributed by atoms with van der Waals surface area (Å²) in [6.45, 7) is 3.14. The lowest BCUT2D eigenvalue weighted by molar-refractivity contribution is 0.0597. The summed E-state index contributed by atoms with van der Waals surface area (Å²) in [5.41, 5.74) is 4.35. The fourth-order valence-electron chi connectivity index (χ4n) is 4.18. The fraction of sp³-hybridized carbons (Fsp3) is 0.269. The van der Waals surface area contributed by atoms with E-state index in [0.29, 0.717) is 0 Å². The number of piperazine rings is 1. The summed E-state index contributed by atoms with van der Waals surface area (Å²) in [7, 11) is 3.99. The number of carbonyl (C=O) groups excluding carboxylic acids is 1. The van der Waals surface area contributed by atoms with Gasteiger partial charge in [-0.15, -0.1) is 0 Å².